The zero-order valence-electron chi connectivity index (χ0n) is 10.2. The van der Waals surface area contributed by atoms with Gasteiger partial charge >= 0.3 is 0 Å². The van der Waals surface area contributed by atoms with Crippen LogP contribution in [-0.4, -0.2) is 28.9 Å². The largest absolute Gasteiger partial charge is 0.337 e. The lowest BCUT2D eigenvalue weighted by Gasteiger charge is -2.18. The van der Waals surface area contributed by atoms with E-state index in [-0.39, 0.29) is 11.9 Å². The van der Waals surface area contributed by atoms with E-state index in [9.17, 15) is 4.79 Å². The fourth-order valence-corrected chi connectivity index (χ4v) is 2.78. The van der Waals surface area contributed by atoms with Crippen molar-refractivity contribution in [3.05, 3.63) is 16.1 Å². The maximum Gasteiger partial charge on any atom is 0.273 e. The van der Waals surface area contributed by atoms with Gasteiger partial charge < -0.3 is 10.6 Å². The van der Waals surface area contributed by atoms with Gasteiger partial charge in [0.15, 0.2) is 0 Å². The number of aromatic nitrogens is 1. The average Bonchev–Trinajstić information content (AvgIpc) is 2.65. The molecule has 1 unspecified atom stereocenters. The minimum absolute atomic E-state index is 0.0649. The first kappa shape index (κ1) is 12.5. The number of nitrogens with two attached hydrogens (primary N) is 1. The highest BCUT2D eigenvalue weighted by Gasteiger charge is 2.20. The molecule has 0 spiro atoms. The number of carbonyl (C=O) groups excluding carboxylic acids is 1. The summed E-state index contributed by atoms with van der Waals surface area (Å²) in [5.41, 5.74) is 6.31. The van der Waals surface area contributed by atoms with Gasteiger partial charge in [-0.25, -0.2) is 4.98 Å². The molecule has 1 aliphatic heterocycles. The van der Waals surface area contributed by atoms with Crippen LogP contribution >= 0.6 is 11.3 Å². The molecular formula is C12H19N3OS. The second-order valence-corrected chi connectivity index (χ2v) is 5.46. The summed E-state index contributed by atoms with van der Waals surface area (Å²) in [6.07, 6.45) is 4.67. The summed E-state index contributed by atoms with van der Waals surface area (Å²) in [6.45, 7) is 3.62. The molecule has 0 aliphatic carbocycles. The summed E-state index contributed by atoms with van der Waals surface area (Å²) in [5.74, 6) is 0.0649. The van der Waals surface area contributed by atoms with E-state index in [1.165, 1.54) is 24.2 Å². The maximum atomic E-state index is 12.2. The minimum atomic E-state index is -0.0920. The third kappa shape index (κ3) is 3.04. The lowest BCUT2D eigenvalue weighted by Crippen LogP contribution is -2.32. The van der Waals surface area contributed by atoms with Crippen molar-refractivity contribution in [1.29, 1.82) is 0 Å². The van der Waals surface area contributed by atoms with Crippen molar-refractivity contribution in [3.63, 3.8) is 0 Å². The summed E-state index contributed by atoms with van der Waals surface area (Å²) in [6, 6.07) is -0.0920. The normalized spacial score (nSPS) is 18.8. The van der Waals surface area contributed by atoms with Crippen LogP contribution in [0.15, 0.2) is 5.38 Å². The lowest BCUT2D eigenvalue weighted by atomic mass is 10.2. The number of nitrogens with zero attached hydrogens (tertiary/aromatic N) is 2. The Morgan fingerprint density at radius 1 is 1.41 bits per heavy atom. The Labute approximate surface area is 106 Å². The molecule has 1 aromatic rings. The highest BCUT2D eigenvalue weighted by atomic mass is 32.1. The molecule has 2 heterocycles. The predicted octanol–water partition coefficient (Wildman–Crippen LogP) is 2.18. The standard InChI is InChI=1S/C12H19N3OS/c1-9(13)11-14-10(8-17-11)12(16)15-6-4-2-3-5-7-15/h8-9H,2-7,13H2,1H3. The molecule has 1 aliphatic rings. The third-order valence-electron chi connectivity index (χ3n) is 3.02. The SMILES string of the molecule is CC(N)c1nc(C(=O)N2CCCCCC2)cs1. The first-order valence-corrected chi connectivity index (χ1v) is 7.06. The zero-order valence-corrected chi connectivity index (χ0v) is 11.0. The molecule has 1 aromatic heterocycles. The molecule has 0 radical (unpaired) electrons. The summed E-state index contributed by atoms with van der Waals surface area (Å²) in [4.78, 5) is 18.5. The summed E-state index contributed by atoms with van der Waals surface area (Å²) >= 11 is 1.47. The summed E-state index contributed by atoms with van der Waals surface area (Å²) in [7, 11) is 0. The van der Waals surface area contributed by atoms with Crippen LogP contribution in [0, 0.1) is 0 Å². The molecular weight excluding hydrogens is 234 g/mol. The van der Waals surface area contributed by atoms with Gasteiger partial charge in [-0.3, -0.25) is 4.79 Å². The Kier molecular flexibility index (Phi) is 4.12. The Hall–Kier alpha value is -0.940. The van der Waals surface area contributed by atoms with E-state index in [1.807, 2.05) is 17.2 Å². The van der Waals surface area contributed by atoms with Crippen molar-refractivity contribution in [3.8, 4) is 0 Å². The van der Waals surface area contributed by atoms with E-state index in [2.05, 4.69) is 4.98 Å². The van der Waals surface area contributed by atoms with E-state index in [1.54, 1.807) is 0 Å². The van der Waals surface area contributed by atoms with Gasteiger partial charge in [0.2, 0.25) is 0 Å². The van der Waals surface area contributed by atoms with E-state index in [4.69, 9.17) is 5.73 Å². The van der Waals surface area contributed by atoms with Gasteiger partial charge in [0, 0.05) is 18.5 Å². The van der Waals surface area contributed by atoms with Crippen LogP contribution in [0.1, 0.15) is 54.1 Å². The minimum Gasteiger partial charge on any atom is -0.337 e. The van der Waals surface area contributed by atoms with Crippen molar-refractivity contribution in [1.82, 2.24) is 9.88 Å². The fraction of sp³-hybridized carbons (Fsp3) is 0.667. The van der Waals surface area contributed by atoms with Gasteiger partial charge in [-0.1, -0.05) is 12.8 Å². The van der Waals surface area contributed by atoms with Crippen LogP contribution in [0.4, 0.5) is 0 Å². The highest BCUT2D eigenvalue weighted by molar-refractivity contribution is 7.09. The van der Waals surface area contributed by atoms with Crippen LogP contribution in [-0.2, 0) is 0 Å². The number of carbonyl (C=O) groups is 1. The van der Waals surface area contributed by atoms with E-state index in [0.29, 0.717) is 5.69 Å². The van der Waals surface area contributed by atoms with E-state index >= 15 is 0 Å². The molecule has 94 valence electrons. The number of hydrogen-bond acceptors (Lipinski definition) is 4. The fourth-order valence-electron chi connectivity index (χ4n) is 2.03. The van der Waals surface area contributed by atoms with Gasteiger partial charge in [-0.2, -0.15) is 0 Å². The molecule has 1 amide bonds. The maximum absolute atomic E-state index is 12.2. The van der Waals surface area contributed by atoms with Crippen LogP contribution in [0.3, 0.4) is 0 Å². The summed E-state index contributed by atoms with van der Waals surface area (Å²) in [5, 5.41) is 2.66. The van der Waals surface area contributed by atoms with Crippen LogP contribution < -0.4 is 5.73 Å². The molecule has 0 bridgehead atoms. The van der Waals surface area contributed by atoms with Crippen molar-refractivity contribution < 1.29 is 4.79 Å². The van der Waals surface area contributed by atoms with Crippen LogP contribution in [0.25, 0.3) is 0 Å². The molecule has 1 fully saturated rings. The first-order valence-electron chi connectivity index (χ1n) is 6.19. The van der Waals surface area contributed by atoms with Gasteiger partial charge in [-0.15, -0.1) is 11.3 Å². The highest BCUT2D eigenvalue weighted by Crippen LogP contribution is 2.18. The number of hydrogen-bond donors (Lipinski definition) is 1. The Morgan fingerprint density at radius 3 is 2.59 bits per heavy atom. The smallest absolute Gasteiger partial charge is 0.273 e. The van der Waals surface area contributed by atoms with Crippen molar-refractivity contribution in [2.24, 2.45) is 5.73 Å². The van der Waals surface area contributed by atoms with Gasteiger partial charge in [0.05, 0.1) is 6.04 Å². The van der Waals surface area contributed by atoms with Crippen molar-refractivity contribution in [2.75, 3.05) is 13.1 Å². The second-order valence-electron chi connectivity index (χ2n) is 4.57. The lowest BCUT2D eigenvalue weighted by molar-refractivity contribution is 0.0756. The van der Waals surface area contributed by atoms with E-state index in [0.717, 1.165) is 30.9 Å². The molecule has 1 saturated heterocycles. The number of likely N-dealkylation sites (tertiary alicyclic amines) is 1. The second kappa shape index (κ2) is 5.60. The third-order valence-corrected chi connectivity index (χ3v) is 4.07. The van der Waals surface area contributed by atoms with Crippen molar-refractivity contribution in [2.45, 2.75) is 38.6 Å². The van der Waals surface area contributed by atoms with Gasteiger partial charge in [0.1, 0.15) is 10.7 Å². The average molecular weight is 253 g/mol. The van der Waals surface area contributed by atoms with Crippen LogP contribution in [0.2, 0.25) is 0 Å². The Bertz CT molecular complexity index is 381. The quantitative estimate of drug-likeness (QED) is 0.878. The van der Waals surface area contributed by atoms with Crippen molar-refractivity contribution >= 4 is 17.2 Å². The monoisotopic (exact) mass is 253 g/mol. The molecule has 2 rings (SSSR count). The molecule has 0 aromatic carbocycles. The predicted molar refractivity (Wildman–Crippen MR) is 69.1 cm³/mol. The molecule has 4 nitrogen and oxygen atoms in total. The molecule has 2 N–H and O–H groups in total. The molecule has 1 atom stereocenters. The number of thiazole rings is 1. The zero-order chi connectivity index (χ0) is 12.3. The molecule has 5 heteroatoms. The number of amides is 1. The van der Waals surface area contributed by atoms with Gasteiger partial charge in [0.25, 0.3) is 5.91 Å². The van der Waals surface area contributed by atoms with Crippen LogP contribution in [0.5, 0.6) is 0 Å². The Morgan fingerprint density at radius 2 is 2.06 bits per heavy atom. The topological polar surface area (TPSA) is 59.2 Å². The first-order chi connectivity index (χ1) is 8.18. The molecule has 17 heavy (non-hydrogen) atoms. The summed E-state index contributed by atoms with van der Waals surface area (Å²) < 4.78 is 0. The van der Waals surface area contributed by atoms with Gasteiger partial charge in [-0.05, 0) is 19.8 Å². The molecule has 0 saturated carbocycles. The number of rotatable bonds is 2. The Balaban J connectivity index is 2.06. The van der Waals surface area contributed by atoms with E-state index < -0.39 is 0 Å².